The molecular formula is C19H20N4O2S. The Morgan fingerprint density at radius 1 is 1.08 bits per heavy atom. The maximum atomic E-state index is 13.3. The Morgan fingerprint density at radius 2 is 1.92 bits per heavy atom. The van der Waals surface area contributed by atoms with Crippen molar-refractivity contribution >= 4 is 27.2 Å². The summed E-state index contributed by atoms with van der Waals surface area (Å²) in [7, 11) is -3.63. The fourth-order valence-corrected chi connectivity index (χ4v) is 4.93. The molecule has 0 amide bonds. The number of para-hydroxylation sites is 1. The molecule has 0 saturated heterocycles. The third kappa shape index (κ3) is 2.94. The fourth-order valence-electron chi connectivity index (χ4n) is 3.35. The summed E-state index contributed by atoms with van der Waals surface area (Å²) >= 11 is 0. The third-order valence-corrected chi connectivity index (χ3v) is 6.43. The summed E-state index contributed by atoms with van der Waals surface area (Å²) in [4.78, 5) is 6.18. The number of anilines is 2. The summed E-state index contributed by atoms with van der Waals surface area (Å²) in [5, 5.41) is 0. The van der Waals surface area contributed by atoms with Crippen molar-refractivity contribution in [1.82, 2.24) is 0 Å². The minimum atomic E-state index is -3.63. The van der Waals surface area contributed by atoms with Crippen LogP contribution in [0.25, 0.3) is 0 Å². The number of amidine groups is 1. The molecule has 134 valence electrons. The monoisotopic (exact) mass is 368 g/mol. The van der Waals surface area contributed by atoms with E-state index < -0.39 is 10.0 Å². The number of nitrogens with two attached hydrogens (primary N) is 1. The molecule has 2 heterocycles. The number of aryl methyl sites for hydroxylation is 1. The predicted molar refractivity (Wildman–Crippen MR) is 104 cm³/mol. The zero-order valence-corrected chi connectivity index (χ0v) is 15.1. The number of rotatable bonds is 3. The van der Waals surface area contributed by atoms with Gasteiger partial charge in [0.25, 0.3) is 10.0 Å². The predicted octanol–water partition coefficient (Wildman–Crippen LogP) is 2.48. The quantitative estimate of drug-likeness (QED) is 0.903. The SMILES string of the molecule is NC1=NC=CN(c2cccc(S(=O)(=O)N3CCCc4ccccc43)c2)C1. The van der Waals surface area contributed by atoms with Gasteiger partial charge in [0.2, 0.25) is 0 Å². The second-order valence-electron chi connectivity index (χ2n) is 6.35. The normalized spacial score (nSPS) is 17.0. The minimum absolute atomic E-state index is 0.279. The van der Waals surface area contributed by atoms with Gasteiger partial charge in [0.15, 0.2) is 0 Å². The van der Waals surface area contributed by atoms with Crippen LogP contribution in [0.4, 0.5) is 11.4 Å². The molecule has 7 heteroatoms. The lowest BCUT2D eigenvalue weighted by molar-refractivity contribution is 0.586. The Kier molecular flexibility index (Phi) is 4.16. The first kappa shape index (κ1) is 16.7. The van der Waals surface area contributed by atoms with E-state index in [1.165, 1.54) is 4.31 Å². The van der Waals surface area contributed by atoms with Crippen LogP contribution < -0.4 is 14.9 Å². The lowest BCUT2D eigenvalue weighted by atomic mass is 10.0. The van der Waals surface area contributed by atoms with Crippen LogP contribution in [0.15, 0.2) is 70.8 Å². The highest BCUT2D eigenvalue weighted by molar-refractivity contribution is 7.92. The van der Waals surface area contributed by atoms with Crippen molar-refractivity contribution in [3.05, 3.63) is 66.5 Å². The Bertz CT molecular complexity index is 998. The lowest BCUT2D eigenvalue weighted by Gasteiger charge is -2.31. The highest BCUT2D eigenvalue weighted by atomic mass is 32.2. The molecule has 2 aliphatic heterocycles. The van der Waals surface area contributed by atoms with Crippen LogP contribution in [0.5, 0.6) is 0 Å². The summed E-state index contributed by atoms with van der Waals surface area (Å²) in [5.74, 6) is 0.491. The van der Waals surface area contributed by atoms with Crippen LogP contribution in [0.2, 0.25) is 0 Å². The van der Waals surface area contributed by atoms with Crippen molar-refractivity contribution in [2.75, 3.05) is 22.3 Å². The summed E-state index contributed by atoms with van der Waals surface area (Å²) < 4.78 is 28.1. The second kappa shape index (κ2) is 6.49. The van der Waals surface area contributed by atoms with Gasteiger partial charge in [0.1, 0.15) is 5.84 Å². The van der Waals surface area contributed by atoms with E-state index in [4.69, 9.17) is 5.73 Å². The van der Waals surface area contributed by atoms with Gasteiger partial charge in [-0.1, -0.05) is 24.3 Å². The standard InChI is InChI=1S/C19H20N4O2S/c20-19-14-22(12-10-21-19)16-7-3-8-17(13-16)26(24,25)23-11-4-6-15-5-1-2-9-18(15)23/h1-3,5,7-10,12-13H,4,6,11,14H2,(H2,20,21). The van der Waals surface area contributed by atoms with E-state index in [2.05, 4.69) is 4.99 Å². The van der Waals surface area contributed by atoms with Gasteiger partial charge in [-0.3, -0.25) is 4.31 Å². The Balaban J connectivity index is 1.71. The van der Waals surface area contributed by atoms with Gasteiger partial charge in [-0.15, -0.1) is 0 Å². The summed E-state index contributed by atoms with van der Waals surface area (Å²) in [5.41, 5.74) is 8.40. The zero-order valence-electron chi connectivity index (χ0n) is 14.2. The van der Waals surface area contributed by atoms with Crippen LogP contribution in [0.3, 0.4) is 0 Å². The average molecular weight is 368 g/mol. The number of nitrogens with zero attached hydrogens (tertiary/aromatic N) is 3. The van der Waals surface area contributed by atoms with E-state index in [0.717, 1.165) is 29.8 Å². The third-order valence-electron chi connectivity index (χ3n) is 4.62. The highest BCUT2D eigenvalue weighted by Gasteiger charge is 2.29. The first-order chi connectivity index (χ1) is 12.6. The van der Waals surface area contributed by atoms with Crippen molar-refractivity contribution in [2.45, 2.75) is 17.7 Å². The van der Waals surface area contributed by atoms with Crippen LogP contribution in [0.1, 0.15) is 12.0 Å². The Morgan fingerprint density at radius 3 is 2.77 bits per heavy atom. The van der Waals surface area contributed by atoms with Crippen molar-refractivity contribution in [2.24, 2.45) is 10.7 Å². The highest BCUT2D eigenvalue weighted by Crippen LogP contribution is 2.32. The number of hydrogen-bond acceptors (Lipinski definition) is 5. The molecule has 4 rings (SSSR count). The van der Waals surface area contributed by atoms with E-state index in [-0.39, 0.29) is 4.90 Å². The topological polar surface area (TPSA) is 79.0 Å². The van der Waals surface area contributed by atoms with E-state index in [1.54, 1.807) is 30.6 Å². The van der Waals surface area contributed by atoms with Gasteiger partial charge >= 0.3 is 0 Å². The lowest BCUT2D eigenvalue weighted by Crippen LogP contribution is -2.35. The average Bonchev–Trinajstić information content (AvgIpc) is 2.67. The second-order valence-corrected chi connectivity index (χ2v) is 8.22. The number of aliphatic imine (C=N–C) groups is 1. The molecule has 26 heavy (non-hydrogen) atoms. The fraction of sp³-hybridized carbons (Fsp3) is 0.211. The van der Waals surface area contributed by atoms with E-state index in [9.17, 15) is 8.42 Å². The molecule has 0 fully saturated rings. The molecule has 2 N–H and O–H groups in total. The molecule has 0 radical (unpaired) electrons. The number of sulfonamides is 1. The Hall–Kier alpha value is -2.80. The molecule has 2 aromatic carbocycles. The van der Waals surface area contributed by atoms with Gasteiger partial charge in [-0.25, -0.2) is 13.4 Å². The van der Waals surface area contributed by atoms with E-state index >= 15 is 0 Å². The summed E-state index contributed by atoms with van der Waals surface area (Å²) in [6.07, 6.45) is 5.12. The summed E-state index contributed by atoms with van der Waals surface area (Å²) in [6.45, 7) is 0.930. The van der Waals surface area contributed by atoms with E-state index in [0.29, 0.717) is 18.9 Å². The number of fused-ring (bicyclic) bond motifs is 1. The van der Waals surface area contributed by atoms with Crippen molar-refractivity contribution < 1.29 is 8.42 Å². The van der Waals surface area contributed by atoms with Gasteiger partial charge in [0, 0.05) is 24.6 Å². The van der Waals surface area contributed by atoms with Crippen molar-refractivity contribution in [3.8, 4) is 0 Å². The summed E-state index contributed by atoms with van der Waals surface area (Å²) in [6, 6.07) is 14.7. The smallest absolute Gasteiger partial charge is 0.264 e. The van der Waals surface area contributed by atoms with Crippen molar-refractivity contribution in [1.29, 1.82) is 0 Å². The van der Waals surface area contributed by atoms with Crippen molar-refractivity contribution in [3.63, 3.8) is 0 Å². The van der Waals surface area contributed by atoms with Gasteiger partial charge in [-0.05, 0) is 42.7 Å². The first-order valence-electron chi connectivity index (χ1n) is 8.52. The Labute approximate surface area is 153 Å². The molecular weight excluding hydrogens is 348 g/mol. The van der Waals surface area contributed by atoms with Crippen LogP contribution in [0, 0.1) is 0 Å². The molecule has 0 unspecified atom stereocenters. The van der Waals surface area contributed by atoms with Crippen LogP contribution >= 0.6 is 0 Å². The largest absolute Gasteiger partial charge is 0.386 e. The zero-order chi connectivity index (χ0) is 18.1. The van der Waals surface area contributed by atoms with Gasteiger partial charge < -0.3 is 10.6 Å². The molecule has 2 aromatic rings. The molecule has 0 spiro atoms. The molecule has 2 aliphatic rings. The molecule has 0 bridgehead atoms. The molecule has 0 atom stereocenters. The first-order valence-corrected chi connectivity index (χ1v) is 9.96. The van der Waals surface area contributed by atoms with Crippen LogP contribution in [-0.4, -0.2) is 27.3 Å². The maximum absolute atomic E-state index is 13.3. The van der Waals surface area contributed by atoms with Gasteiger partial charge in [-0.2, -0.15) is 0 Å². The maximum Gasteiger partial charge on any atom is 0.264 e. The minimum Gasteiger partial charge on any atom is -0.386 e. The van der Waals surface area contributed by atoms with Crippen LogP contribution in [-0.2, 0) is 16.4 Å². The van der Waals surface area contributed by atoms with Gasteiger partial charge in [0.05, 0.1) is 17.1 Å². The molecule has 0 saturated carbocycles. The van der Waals surface area contributed by atoms with E-state index in [1.807, 2.05) is 35.2 Å². The number of benzene rings is 2. The molecule has 6 nitrogen and oxygen atoms in total. The number of hydrogen-bond donors (Lipinski definition) is 1. The molecule has 0 aromatic heterocycles. The molecule has 0 aliphatic carbocycles.